The molecular formula is C40H24O. The van der Waals surface area contributed by atoms with Gasteiger partial charge in [-0.25, -0.2) is 0 Å². The Morgan fingerprint density at radius 1 is 0.463 bits per heavy atom. The summed E-state index contributed by atoms with van der Waals surface area (Å²) in [7, 11) is 0. The fraction of sp³-hybridized carbons (Fsp3) is 0. The van der Waals surface area contributed by atoms with Crippen molar-refractivity contribution in [1.29, 1.82) is 0 Å². The lowest BCUT2D eigenvalue weighted by atomic mass is 9.89. The quantitative estimate of drug-likeness (QED) is 0.160. The van der Waals surface area contributed by atoms with E-state index in [9.17, 15) is 2.74 Å². The van der Waals surface area contributed by atoms with E-state index >= 15 is 0 Å². The van der Waals surface area contributed by atoms with Gasteiger partial charge in [-0.1, -0.05) is 121 Å². The molecule has 0 bridgehead atoms. The van der Waals surface area contributed by atoms with Gasteiger partial charge in [-0.05, 0) is 84.2 Å². The number of rotatable bonds is 2. The lowest BCUT2D eigenvalue weighted by Crippen LogP contribution is -1.87. The highest BCUT2D eigenvalue weighted by atomic mass is 16.3. The molecule has 0 aliphatic heterocycles. The first-order chi connectivity index (χ1) is 24.9. The van der Waals surface area contributed by atoms with E-state index in [1.165, 1.54) is 0 Å². The van der Waals surface area contributed by atoms with Crippen LogP contribution < -0.4 is 0 Å². The summed E-state index contributed by atoms with van der Waals surface area (Å²) in [5, 5.41) is 2.69. The van der Waals surface area contributed by atoms with Gasteiger partial charge in [0.15, 0.2) is 0 Å². The molecule has 0 saturated heterocycles. The third-order valence-electron chi connectivity index (χ3n) is 7.80. The van der Waals surface area contributed by atoms with Crippen LogP contribution in [-0.2, 0) is 0 Å². The smallest absolute Gasteiger partial charge is 0.143 e. The van der Waals surface area contributed by atoms with Crippen molar-refractivity contribution in [2.24, 2.45) is 0 Å². The van der Waals surface area contributed by atoms with E-state index in [0.717, 1.165) is 27.3 Å². The first-order valence-electron chi connectivity index (χ1n) is 18.7. The standard InChI is InChI=1S/C40H24O/c1-2-9-25(10-3-1)29-15-8-16-34-32(29)20-21-35-37-24-28(18-22-38(37)41-40(34)35)39-31-14-7-5-12-27(31)23-36-30-13-6-4-11-26(30)17-19-33(36)39/h1-24H/i4D,5D,6D,7D,11D,12D,13D,14D,17D,19D,23D. The highest BCUT2D eigenvalue weighted by molar-refractivity contribution is 6.22. The molecule has 190 valence electrons. The fourth-order valence-electron chi connectivity index (χ4n) is 5.97. The molecule has 0 spiro atoms. The summed E-state index contributed by atoms with van der Waals surface area (Å²) < 4.78 is 103. The minimum atomic E-state index is -0.583. The summed E-state index contributed by atoms with van der Waals surface area (Å²) in [6, 6.07) is 19.8. The lowest BCUT2D eigenvalue weighted by Gasteiger charge is -2.14. The predicted molar refractivity (Wildman–Crippen MR) is 175 cm³/mol. The third kappa shape index (κ3) is 3.30. The zero-order valence-electron chi connectivity index (χ0n) is 32.4. The Morgan fingerprint density at radius 2 is 1.24 bits per heavy atom. The monoisotopic (exact) mass is 531 g/mol. The van der Waals surface area contributed by atoms with Gasteiger partial charge in [0, 0.05) is 16.2 Å². The molecule has 0 N–H and O–H groups in total. The van der Waals surface area contributed by atoms with Crippen molar-refractivity contribution in [2.45, 2.75) is 0 Å². The average molecular weight is 532 g/mol. The molecule has 1 aromatic heterocycles. The van der Waals surface area contributed by atoms with E-state index < -0.39 is 66.5 Å². The normalized spacial score (nSPS) is 15.7. The Kier molecular flexibility index (Phi) is 2.98. The summed E-state index contributed by atoms with van der Waals surface area (Å²) in [6.07, 6.45) is 0. The minimum absolute atomic E-state index is 0.0184. The van der Waals surface area contributed by atoms with Crippen molar-refractivity contribution < 1.29 is 19.5 Å². The molecule has 9 aromatic rings. The summed E-state index contributed by atoms with van der Waals surface area (Å²) in [4.78, 5) is 0. The Morgan fingerprint density at radius 3 is 2.15 bits per heavy atom. The number of furan rings is 1. The van der Waals surface area contributed by atoms with Crippen LogP contribution >= 0.6 is 0 Å². The number of benzene rings is 8. The molecule has 0 atom stereocenters. The third-order valence-corrected chi connectivity index (χ3v) is 7.80. The zero-order valence-corrected chi connectivity index (χ0v) is 21.4. The van der Waals surface area contributed by atoms with Gasteiger partial charge in [0.1, 0.15) is 11.2 Å². The fourth-order valence-corrected chi connectivity index (χ4v) is 5.97. The van der Waals surface area contributed by atoms with Crippen LogP contribution in [0.15, 0.2) is 150 Å². The molecule has 0 aliphatic rings. The van der Waals surface area contributed by atoms with Crippen LogP contribution in [0.4, 0.5) is 0 Å². The van der Waals surface area contributed by atoms with Crippen LogP contribution in [0.25, 0.3) is 87.3 Å². The first kappa shape index (κ1) is 14.3. The highest BCUT2D eigenvalue weighted by Gasteiger charge is 2.16. The molecule has 41 heavy (non-hydrogen) atoms. The van der Waals surface area contributed by atoms with Gasteiger partial charge in [-0.2, -0.15) is 0 Å². The van der Waals surface area contributed by atoms with Crippen molar-refractivity contribution in [2.75, 3.05) is 0 Å². The SMILES string of the molecule is [2H]c1c([2H])c([2H])c2c([2H])c3c(c([2H])c([2H])c4c([2H])c([2H])c([2H])c([2H])c43)c(-c3ccc4oc5c6cccc(-c7ccccc7)c6ccc5c4c3)c2c1[2H]. The van der Waals surface area contributed by atoms with E-state index in [4.69, 9.17) is 16.8 Å². The summed E-state index contributed by atoms with van der Waals surface area (Å²) in [5.74, 6) is 0. The Hall–Kier alpha value is -5.40. The molecule has 0 aliphatic carbocycles. The van der Waals surface area contributed by atoms with Crippen molar-refractivity contribution in [3.8, 4) is 22.3 Å². The maximum Gasteiger partial charge on any atom is 0.143 e. The van der Waals surface area contributed by atoms with Gasteiger partial charge in [0.2, 0.25) is 0 Å². The second kappa shape index (κ2) is 8.55. The maximum atomic E-state index is 9.35. The van der Waals surface area contributed by atoms with Crippen LogP contribution in [0.1, 0.15) is 15.1 Å². The Bertz CT molecular complexity index is 3080. The lowest BCUT2D eigenvalue weighted by molar-refractivity contribution is 0.673. The van der Waals surface area contributed by atoms with Gasteiger partial charge < -0.3 is 4.42 Å². The van der Waals surface area contributed by atoms with Crippen LogP contribution in [0, 0.1) is 0 Å². The van der Waals surface area contributed by atoms with Gasteiger partial charge in [-0.3, -0.25) is 0 Å². The van der Waals surface area contributed by atoms with Crippen LogP contribution in [0.3, 0.4) is 0 Å². The Balaban J connectivity index is 1.46. The van der Waals surface area contributed by atoms with Crippen molar-refractivity contribution >= 4 is 65.0 Å². The molecule has 1 heterocycles. The van der Waals surface area contributed by atoms with E-state index in [1.807, 2.05) is 54.6 Å². The summed E-state index contributed by atoms with van der Waals surface area (Å²) >= 11 is 0. The van der Waals surface area contributed by atoms with Crippen LogP contribution in [0.2, 0.25) is 0 Å². The molecule has 9 rings (SSSR count). The highest BCUT2D eigenvalue weighted by Crippen LogP contribution is 2.43. The van der Waals surface area contributed by atoms with E-state index in [-0.39, 0.29) is 37.9 Å². The van der Waals surface area contributed by atoms with Crippen LogP contribution in [0.5, 0.6) is 0 Å². The largest absolute Gasteiger partial charge is 0.455 e. The van der Waals surface area contributed by atoms with E-state index in [0.29, 0.717) is 22.1 Å². The summed E-state index contributed by atoms with van der Waals surface area (Å²) in [6.45, 7) is 0. The molecule has 1 nitrogen and oxygen atoms in total. The maximum absolute atomic E-state index is 9.35. The van der Waals surface area contributed by atoms with E-state index in [1.54, 1.807) is 18.2 Å². The van der Waals surface area contributed by atoms with E-state index in [2.05, 4.69) is 6.07 Å². The Labute approximate surface area is 252 Å². The van der Waals surface area contributed by atoms with Gasteiger partial charge in [-0.15, -0.1) is 0 Å². The molecule has 0 radical (unpaired) electrons. The van der Waals surface area contributed by atoms with Crippen molar-refractivity contribution in [1.82, 2.24) is 0 Å². The first-order valence-corrected chi connectivity index (χ1v) is 13.2. The molecule has 0 amide bonds. The number of hydrogen-bond acceptors (Lipinski definition) is 1. The second-order valence-corrected chi connectivity index (χ2v) is 10.0. The molecule has 8 aromatic carbocycles. The predicted octanol–water partition coefficient (Wildman–Crippen LogP) is 11.5. The van der Waals surface area contributed by atoms with Crippen molar-refractivity contribution in [3.63, 3.8) is 0 Å². The van der Waals surface area contributed by atoms with Crippen LogP contribution in [-0.4, -0.2) is 0 Å². The average Bonchev–Trinajstić information content (AvgIpc) is 3.54. The second-order valence-electron chi connectivity index (χ2n) is 10.0. The summed E-state index contributed by atoms with van der Waals surface area (Å²) in [5.41, 5.74) is 3.88. The van der Waals surface area contributed by atoms with Gasteiger partial charge in [0.05, 0.1) is 15.1 Å². The zero-order chi connectivity index (χ0) is 36.5. The van der Waals surface area contributed by atoms with Crippen molar-refractivity contribution in [3.05, 3.63) is 145 Å². The van der Waals surface area contributed by atoms with Gasteiger partial charge in [0.25, 0.3) is 0 Å². The number of fused-ring (bicyclic) bond motifs is 9. The molecular weight excluding hydrogens is 496 g/mol. The van der Waals surface area contributed by atoms with Gasteiger partial charge >= 0.3 is 0 Å². The molecule has 0 fully saturated rings. The topological polar surface area (TPSA) is 13.1 Å². The minimum Gasteiger partial charge on any atom is -0.455 e. The molecule has 1 heteroatoms. The number of hydrogen-bond donors (Lipinski definition) is 0. The molecule has 0 saturated carbocycles. The molecule has 0 unspecified atom stereocenters.